The van der Waals surface area contributed by atoms with Gasteiger partial charge in [-0.3, -0.25) is 24.4 Å². The van der Waals surface area contributed by atoms with Gasteiger partial charge >= 0.3 is 0 Å². The van der Waals surface area contributed by atoms with Gasteiger partial charge in [0.2, 0.25) is 5.95 Å². The van der Waals surface area contributed by atoms with Gasteiger partial charge in [0.1, 0.15) is 5.82 Å². The van der Waals surface area contributed by atoms with Crippen LogP contribution in [0.5, 0.6) is 0 Å². The molecule has 0 bridgehead atoms. The molecule has 1 amide bonds. The number of H-pyrrole nitrogens is 1. The molecule has 2 fully saturated rings. The van der Waals surface area contributed by atoms with E-state index in [2.05, 4.69) is 30.7 Å². The highest BCUT2D eigenvalue weighted by molar-refractivity contribution is 9.10. The zero-order valence-electron chi connectivity index (χ0n) is 20.6. The first-order valence-corrected chi connectivity index (χ1v) is 13.3. The number of nitrogens with one attached hydrogen (secondary N) is 1. The molecule has 3 heterocycles. The Kier molecular flexibility index (Phi) is 7.97. The lowest BCUT2D eigenvalue weighted by Gasteiger charge is -2.36. The lowest BCUT2D eigenvalue weighted by atomic mass is 10.2. The minimum Gasteiger partial charge on any atom is -0.339 e. The van der Waals surface area contributed by atoms with E-state index in [4.69, 9.17) is 4.98 Å². The van der Waals surface area contributed by atoms with Gasteiger partial charge in [-0.05, 0) is 45.8 Å². The van der Waals surface area contributed by atoms with Crippen LogP contribution in [0.15, 0.2) is 63.9 Å². The number of piperazine rings is 2. The van der Waals surface area contributed by atoms with Crippen molar-refractivity contribution in [2.24, 2.45) is 0 Å². The predicted molar refractivity (Wildman–Crippen MR) is 144 cm³/mol. The van der Waals surface area contributed by atoms with Crippen molar-refractivity contribution in [1.29, 1.82) is 0 Å². The predicted octanol–water partition coefficient (Wildman–Crippen LogP) is 2.95. The van der Waals surface area contributed by atoms with Crippen LogP contribution < -0.4 is 10.5 Å². The number of aromatic nitrogens is 2. The highest BCUT2D eigenvalue weighted by Gasteiger charge is 2.25. The van der Waals surface area contributed by atoms with Gasteiger partial charge < -0.3 is 9.80 Å². The van der Waals surface area contributed by atoms with Crippen molar-refractivity contribution in [3.05, 3.63) is 92.1 Å². The largest absolute Gasteiger partial charge is 0.339 e. The number of anilines is 1. The molecule has 8 nitrogen and oxygen atoms in total. The summed E-state index contributed by atoms with van der Waals surface area (Å²) in [4.78, 5) is 41.5. The first-order chi connectivity index (χ1) is 17.9. The highest BCUT2D eigenvalue weighted by atomic mass is 79.9. The van der Waals surface area contributed by atoms with E-state index in [0.29, 0.717) is 44.2 Å². The summed E-state index contributed by atoms with van der Waals surface area (Å²) in [6.07, 6.45) is 0. The van der Waals surface area contributed by atoms with Crippen LogP contribution in [0.4, 0.5) is 10.3 Å². The number of carbonyl (C=O) groups excluding carboxylic acids is 1. The molecular weight excluding hydrogens is 539 g/mol. The zero-order chi connectivity index (χ0) is 25.8. The van der Waals surface area contributed by atoms with Crippen molar-refractivity contribution < 1.29 is 9.18 Å². The van der Waals surface area contributed by atoms with Gasteiger partial charge in [0.15, 0.2) is 0 Å². The standard InChI is InChI=1S/C27H30BrFN6O2/c28-24-4-2-1-3-23(24)26(37)34-13-15-35(16-14-34)27-30-22(17-25(36)31-27)19-33-11-9-32(10-12-33)18-20-5-7-21(29)8-6-20/h1-8,17H,9-16,18-19H2,(H,30,31,36). The molecule has 0 spiro atoms. The second kappa shape index (κ2) is 11.5. The fourth-order valence-electron chi connectivity index (χ4n) is 4.83. The number of aromatic amines is 1. The molecule has 5 rings (SSSR count). The fraction of sp³-hybridized carbons (Fsp3) is 0.370. The Morgan fingerprint density at radius 3 is 2.22 bits per heavy atom. The zero-order valence-corrected chi connectivity index (χ0v) is 22.2. The smallest absolute Gasteiger partial charge is 0.255 e. The van der Waals surface area contributed by atoms with Gasteiger partial charge in [0, 0.05) is 76.0 Å². The lowest BCUT2D eigenvalue weighted by Crippen LogP contribution is -2.49. The van der Waals surface area contributed by atoms with Crippen molar-refractivity contribution in [2.75, 3.05) is 57.3 Å². The summed E-state index contributed by atoms with van der Waals surface area (Å²) in [5.41, 5.74) is 2.34. The molecule has 1 N–H and O–H groups in total. The Morgan fingerprint density at radius 2 is 1.54 bits per heavy atom. The normalized spacial score (nSPS) is 17.2. The highest BCUT2D eigenvalue weighted by Crippen LogP contribution is 2.20. The third kappa shape index (κ3) is 6.44. The molecule has 0 atom stereocenters. The van der Waals surface area contributed by atoms with E-state index in [1.807, 2.05) is 46.2 Å². The first kappa shape index (κ1) is 25.6. The van der Waals surface area contributed by atoms with Crippen molar-refractivity contribution in [2.45, 2.75) is 13.1 Å². The molecule has 0 aliphatic carbocycles. The van der Waals surface area contributed by atoms with Gasteiger partial charge in [-0.15, -0.1) is 0 Å². The first-order valence-electron chi connectivity index (χ1n) is 12.5. The minimum atomic E-state index is -0.214. The topological polar surface area (TPSA) is 75.8 Å². The third-order valence-corrected chi connectivity index (χ3v) is 7.61. The maximum Gasteiger partial charge on any atom is 0.255 e. The van der Waals surface area contributed by atoms with E-state index in [1.165, 1.54) is 12.1 Å². The second-order valence-electron chi connectivity index (χ2n) is 9.50. The summed E-state index contributed by atoms with van der Waals surface area (Å²) in [5, 5.41) is 0. The SMILES string of the molecule is O=C(c1ccccc1Br)N1CCN(c2nc(CN3CCN(Cc4ccc(F)cc4)CC3)cc(=O)[nH]2)CC1. The summed E-state index contributed by atoms with van der Waals surface area (Å²) < 4.78 is 13.9. The number of rotatable bonds is 6. The molecule has 10 heteroatoms. The van der Waals surface area contributed by atoms with Gasteiger partial charge in [-0.25, -0.2) is 9.37 Å². The van der Waals surface area contributed by atoms with Crippen LogP contribution >= 0.6 is 15.9 Å². The van der Waals surface area contributed by atoms with E-state index in [0.717, 1.165) is 48.5 Å². The van der Waals surface area contributed by atoms with Crippen LogP contribution in [0.2, 0.25) is 0 Å². The van der Waals surface area contributed by atoms with Crippen LogP contribution in [-0.4, -0.2) is 82.9 Å². The average molecular weight is 569 g/mol. The summed E-state index contributed by atoms with van der Waals surface area (Å²) in [6, 6.07) is 15.7. The number of hydrogen-bond donors (Lipinski definition) is 1. The molecule has 1 aromatic heterocycles. The lowest BCUT2D eigenvalue weighted by molar-refractivity contribution is 0.0745. The van der Waals surface area contributed by atoms with Gasteiger partial charge in [0.05, 0.1) is 11.3 Å². The molecule has 37 heavy (non-hydrogen) atoms. The molecule has 194 valence electrons. The van der Waals surface area contributed by atoms with Crippen LogP contribution in [0.3, 0.4) is 0 Å². The summed E-state index contributed by atoms with van der Waals surface area (Å²) in [6.45, 7) is 7.30. The molecule has 3 aromatic rings. The fourth-order valence-corrected chi connectivity index (χ4v) is 5.29. The third-order valence-electron chi connectivity index (χ3n) is 6.92. The summed E-state index contributed by atoms with van der Waals surface area (Å²) in [5.74, 6) is 0.348. The Labute approximate surface area is 223 Å². The molecule has 0 saturated carbocycles. The Morgan fingerprint density at radius 1 is 0.892 bits per heavy atom. The van der Waals surface area contributed by atoms with Crippen molar-refractivity contribution in [3.8, 4) is 0 Å². The number of hydrogen-bond acceptors (Lipinski definition) is 6. The average Bonchev–Trinajstić information content (AvgIpc) is 2.91. The molecule has 2 saturated heterocycles. The maximum atomic E-state index is 13.2. The Balaban J connectivity index is 1.15. The monoisotopic (exact) mass is 568 g/mol. The molecule has 0 unspecified atom stereocenters. The number of halogens is 2. The van der Waals surface area contributed by atoms with Gasteiger partial charge in [-0.1, -0.05) is 24.3 Å². The van der Waals surface area contributed by atoms with E-state index >= 15 is 0 Å². The van der Waals surface area contributed by atoms with E-state index < -0.39 is 0 Å². The quantitative estimate of drug-likeness (QED) is 0.492. The second-order valence-corrected chi connectivity index (χ2v) is 10.4. The van der Waals surface area contributed by atoms with Crippen LogP contribution in [-0.2, 0) is 13.1 Å². The van der Waals surface area contributed by atoms with Crippen molar-refractivity contribution in [1.82, 2.24) is 24.7 Å². The van der Waals surface area contributed by atoms with Crippen LogP contribution in [0.1, 0.15) is 21.6 Å². The van der Waals surface area contributed by atoms with Gasteiger partial charge in [-0.2, -0.15) is 0 Å². The summed E-state index contributed by atoms with van der Waals surface area (Å²) in [7, 11) is 0. The molecule has 2 aliphatic rings. The number of nitrogens with zero attached hydrogens (tertiary/aromatic N) is 5. The molecule has 0 radical (unpaired) electrons. The molecule has 2 aromatic carbocycles. The van der Waals surface area contributed by atoms with E-state index in [1.54, 1.807) is 6.07 Å². The number of benzene rings is 2. The van der Waals surface area contributed by atoms with E-state index in [9.17, 15) is 14.0 Å². The summed E-state index contributed by atoms with van der Waals surface area (Å²) >= 11 is 3.46. The Bertz CT molecular complexity index is 1280. The van der Waals surface area contributed by atoms with Crippen molar-refractivity contribution >= 4 is 27.8 Å². The number of carbonyl (C=O) groups is 1. The van der Waals surface area contributed by atoms with Gasteiger partial charge in [0.25, 0.3) is 11.5 Å². The van der Waals surface area contributed by atoms with Crippen LogP contribution in [0.25, 0.3) is 0 Å². The molecular formula is C27H30BrFN6O2. The minimum absolute atomic E-state index is 0.000832. The number of amides is 1. The molecule has 2 aliphatic heterocycles. The Hall–Kier alpha value is -3.08. The van der Waals surface area contributed by atoms with E-state index in [-0.39, 0.29) is 17.3 Å². The maximum absolute atomic E-state index is 13.2. The van der Waals surface area contributed by atoms with Crippen molar-refractivity contribution in [3.63, 3.8) is 0 Å². The van der Waals surface area contributed by atoms with Crippen LogP contribution in [0, 0.1) is 5.82 Å².